The number of nitrogens with one attached hydrogen (secondary N) is 1. The molecule has 1 aliphatic rings. The van der Waals surface area contributed by atoms with Crippen LogP contribution in [0.3, 0.4) is 0 Å². The van der Waals surface area contributed by atoms with Gasteiger partial charge in [0.25, 0.3) is 5.91 Å². The van der Waals surface area contributed by atoms with Crippen molar-refractivity contribution < 1.29 is 34.1 Å². The Balaban J connectivity index is 0.000000580. The molecule has 0 aliphatic carbocycles. The number of fused-ring (bicyclic) bond motifs is 2. The molecule has 10 nitrogen and oxygen atoms in total. The van der Waals surface area contributed by atoms with Gasteiger partial charge in [-0.3, -0.25) is 4.79 Å². The van der Waals surface area contributed by atoms with Crippen molar-refractivity contribution in [2.45, 2.75) is 19.8 Å². The largest absolute Gasteiger partial charge is 0.478 e. The first-order chi connectivity index (χ1) is 18.6. The van der Waals surface area contributed by atoms with Gasteiger partial charge < -0.3 is 30.1 Å². The molecule has 3 N–H and O–H groups in total. The minimum atomic E-state index is -1.26. The summed E-state index contributed by atoms with van der Waals surface area (Å²) in [5.74, 6) is -2.88. The van der Waals surface area contributed by atoms with E-state index in [1.165, 1.54) is 6.08 Å². The maximum absolute atomic E-state index is 13.0. The van der Waals surface area contributed by atoms with Gasteiger partial charge in [0.2, 0.25) is 0 Å². The first kappa shape index (κ1) is 31.1. The maximum Gasteiger partial charge on any atom is 0.330 e. The number of rotatable bonds is 11. The van der Waals surface area contributed by atoms with E-state index < -0.39 is 11.9 Å². The fraction of sp³-hybridized carbons (Fsp3) is 0.286. The number of para-hydroxylation sites is 2. The van der Waals surface area contributed by atoms with Crippen LogP contribution in [0, 0.1) is 0 Å². The van der Waals surface area contributed by atoms with Crippen LogP contribution in [0.1, 0.15) is 30.1 Å². The summed E-state index contributed by atoms with van der Waals surface area (Å²) in [5, 5.41) is 19.5. The molecule has 208 valence electrons. The highest BCUT2D eigenvalue weighted by Gasteiger charge is 2.28. The third-order valence-corrected chi connectivity index (χ3v) is 5.71. The molecule has 2 aromatic carbocycles. The fourth-order valence-corrected chi connectivity index (χ4v) is 3.91. The third kappa shape index (κ3) is 9.91. The smallest absolute Gasteiger partial charge is 0.330 e. The average Bonchev–Trinajstić information content (AvgIpc) is 2.98. The Hall–Kier alpha value is -4.15. The first-order valence-electron chi connectivity index (χ1n) is 12.3. The highest BCUT2D eigenvalue weighted by atomic mass is 35.5. The van der Waals surface area contributed by atoms with Crippen LogP contribution in [0.2, 0.25) is 5.02 Å². The number of carbonyl (C=O) groups is 4. The van der Waals surface area contributed by atoms with Crippen LogP contribution in [-0.2, 0) is 19.1 Å². The van der Waals surface area contributed by atoms with E-state index in [1.54, 1.807) is 37.1 Å². The van der Waals surface area contributed by atoms with Crippen molar-refractivity contribution in [2.24, 2.45) is 0 Å². The predicted octanol–water partition coefficient (Wildman–Crippen LogP) is 4.27. The highest BCUT2D eigenvalue weighted by Crippen LogP contribution is 2.41. The molecule has 0 spiro atoms. The zero-order valence-electron chi connectivity index (χ0n) is 21.8. The van der Waals surface area contributed by atoms with Gasteiger partial charge in [0, 0.05) is 43.4 Å². The zero-order valence-corrected chi connectivity index (χ0v) is 22.6. The molecule has 0 aromatic heterocycles. The Morgan fingerprint density at radius 1 is 0.974 bits per heavy atom. The molecule has 3 rings (SSSR count). The molecule has 39 heavy (non-hydrogen) atoms. The van der Waals surface area contributed by atoms with Gasteiger partial charge in [-0.15, -0.1) is 0 Å². The van der Waals surface area contributed by atoms with Gasteiger partial charge in [-0.05, 0) is 56.6 Å². The number of halogens is 1. The van der Waals surface area contributed by atoms with Crippen molar-refractivity contribution in [2.75, 3.05) is 43.1 Å². The lowest BCUT2D eigenvalue weighted by Crippen LogP contribution is -2.25. The van der Waals surface area contributed by atoms with Crippen molar-refractivity contribution in [3.8, 4) is 0 Å². The molecule has 0 saturated carbocycles. The topological polar surface area (TPSA) is 136 Å². The number of nitrogens with zero attached hydrogens (tertiary/aromatic N) is 2. The quantitative estimate of drug-likeness (QED) is 0.210. The molecule has 0 unspecified atom stereocenters. The molecular formula is C28H32ClN3O7. The highest BCUT2D eigenvalue weighted by molar-refractivity contribution is 6.31. The second-order valence-electron chi connectivity index (χ2n) is 8.24. The Morgan fingerprint density at radius 3 is 2.28 bits per heavy atom. The summed E-state index contributed by atoms with van der Waals surface area (Å²) in [6, 6.07) is 13.3. The molecule has 0 saturated heterocycles. The Kier molecular flexibility index (Phi) is 12.7. The van der Waals surface area contributed by atoms with Crippen molar-refractivity contribution in [3.05, 3.63) is 77.4 Å². The number of anilines is 3. The number of carboxylic acids is 2. The lowest BCUT2D eigenvalue weighted by atomic mass is 10.1. The van der Waals surface area contributed by atoms with Crippen LogP contribution in [0.25, 0.3) is 0 Å². The van der Waals surface area contributed by atoms with Gasteiger partial charge in [0.1, 0.15) is 0 Å². The second-order valence-corrected chi connectivity index (χ2v) is 8.68. The maximum atomic E-state index is 13.0. The van der Waals surface area contributed by atoms with Gasteiger partial charge in [-0.1, -0.05) is 29.8 Å². The number of esters is 1. The number of ether oxygens (including phenoxy) is 1. The van der Waals surface area contributed by atoms with E-state index in [1.807, 2.05) is 30.3 Å². The van der Waals surface area contributed by atoms with Gasteiger partial charge in [0.15, 0.2) is 0 Å². The van der Waals surface area contributed by atoms with Crippen molar-refractivity contribution in [1.82, 2.24) is 5.32 Å². The molecular weight excluding hydrogens is 526 g/mol. The Labute approximate surface area is 232 Å². The summed E-state index contributed by atoms with van der Waals surface area (Å²) in [6.07, 6.45) is 6.20. The van der Waals surface area contributed by atoms with E-state index in [0.717, 1.165) is 43.0 Å². The van der Waals surface area contributed by atoms with Crippen LogP contribution in [0.4, 0.5) is 17.1 Å². The number of hydrogen-bond donors (Lipinski definition) is 3. The Bertz CT molecular complexity index is 1210. The SMILES string of the molecule is CCOC(=O)/C=C/CNCCCCN1c2cc(Cl)ccc2C(=O)N(C)c2ccccc21.O=C(O)/C=C\C(=O)O. The number of aliphatic carboxylic acids is 2. The van der Waals surface area contributed by atoms with Gasteiger partial charge in [-0.2, -0.15) is 0 Å². The molecule has 1 aliphatic heterocycles. The zero-order chi connectivity index (χ0) is 28.8. The van der Waals surface area contributed by atoms with Crippen LogP contribution in [0.5, 0.6) is 0 Å². The van der Waals surface area contributed by atoms with E-state index >= 15 is 0 Å². The predicted molar refractivity (Wildman–Crippen MR) is 150 cm³/mol. The van der Waals surface area contributed by atoms with E-state index in [9.17, 15) is 19.2 Å². The van der Waals surface area contributed by atoms with E-state index in [-0.39, 0.29) is 11.9 Å². The standard InChI is InChI=1S/C24H28ClN3O3.C4H4O4/c1-3-31-23(29)11-8-15-26-14-6-7-16-28-21-10-5-4-9-20(21)27(2)24(30)19-13-12-18(25)17-22(19)28;5-3(6)1-2-4(7)8/h4-5,8-13,17,26H,3,6-7,14-16H2,1-2H3;1-2H,(H,5,6)(H,7,8)/b11-8+;2-1-. The van der Waals surface area contributed by atoms with Crippen molar-refractivity contribution >= 4 is 52.5 Å². The first-order valence-corrected chi connectivity index (χ1v) is 12.7. The molecule has 11 heteroatoms. The molecule has 1 heterocycles. The van der Waals surface area contributed by atoms with Crippen LogP contribution < -0.4 is 15.1 Å². The van der Waals surface area contributed by atoms with Crippen LogP contribution in [0.15, 0.2) is 66.8 Å². The minimum absolute atomic E-state index is 0.0447. The monoisotopic (exact) mass is 557 g/mol. The second kappa shape index (κ2) is 16.0. The van der Waals surface area contributed by atoms with Crippen LogP contribution in [-0.4, -0.2) is 67.3 Å². The summed E-state index contributed by atoms with van der Waals surface area (Å²) in [6.45, 7) is 4.36. The molecule has 0 bridgehead atoms. The van der Waals surface area contributed by atoms with Gasteiger partial charge in [0.05, 0.1) is 29.2 Å². The average molecular weight is 558 g/mol. The summed E-state index contributed by atoms with van der Waals surface area (Å²) < 4.78 is 4.85. The van der Waals surface area contributed by atoms with Crippen molar-refractivity contribution in [1.29, 1.82) is 0 Å². The number of unbranched alkanes of at least 4 members (excludes halogenated alkanes) is 1. The molecule has 0 fully saturated rings. The number of benzene rings is 2. The van der Waals surface area contributed by atoms with Crippen molar-refractivity contribution in [3.63, 3.8) is 0 Å². The summed E-state index contributed by atoms with van der Waals surface area (Å²) in [7, 11) is 1.80. The van der Waals surface area contributed by atoms with E-state index in [4.69, 9.17) is 26.6 Å². The normalized spacial score (nSPS) is 12.4. The van der Waals surface area contributed by atoms with Gasteiger partial charge in [-0.25, -0.2) is 14.4 Å². The summed E-state index contributed by atoms with van der Waals surface area (Å²) >= 11 is 6.28. The molecule has 2 aromatic rings. The number of amides is 1. The Morgan fingerprint density at radius 2 is 1.64 bits per heavy atom. The lowest BCUT2D eigenvalue weighted by Gasteiger charge is -2.26. The lowest BCUT2D eigenvalue weighted by molar-refractivity contribution is -0.137. The van der Waals surface area contributed by atoms with Crippen LogP contribution >= 0.6 is 11.6 Å². The fourth-order valence-electron chi connectivity index (χ4n) is 3.74. The third-order valence-electron chi connectivity index (χ3n) is 5.48. The summed E-state index contributed by atoms with van der Waals surface area (Å²) in [4.78, 5) is 47.3. The van der Waals surface area contributed by atoms with E-state index in [2.05, 4.69) is 10.2 Å². The minimum Gasteiger partial charge on any atom is -0.478 e. The number of carbonyl (C=O) groups excluding carboxylic acids is 2. The summed E-state index contributed by atoms with van der Waals surface area (Å²) in [5.41, 5.74) is 3.34. The van der Waals surface area contributed by atoms with E-state index in [0.29, 0.717) is 35.9 Å². The van der Waals surface area contributed by atoms with Gasteiger partial charge >= 0.3 is 17.9 Å². The number of carboxylic acid groups (broad SMARTS) is 2. The molecule has 0 atom stereocenters. The molecule has 1 amide bonds. The molecule has 0 radical (unpaired) electrons. The number of hydrogen-bond acceptors (Lipinski definition) is 7.